The third-order valence-electron chi connectivity index (χ3n) is 5.43. The van der Waals surface area contributed by atoms with Crippen molar-refractivity contribution in [2.75, 3.05) is 0 Å². The van der Waals surface area contributed by atoms with Gasteiger partial charge >= 0.3 is 16.3 Å². The first kappa shape index (κ1) is 27.3. The third kappa shape index (κ3) is 6.28. The van der Waals surface area contributed by atoms with Crippen LogP contribution in [-0.4, -0.2) is 53.2 Å². The van der Waals surface area contributed by atoms with Gasteiger partial charge in [-0.1, -0.05) is 36.4 Å². The molecule has 0 radical (unpaired) electrons. The fraction of sp³-hybridized carbons (Fsp3) is 0.130. The van der Waals surface area contributed by atoms with Gasteiger partial charge in [0.15, 0.2) is 15.1 Å². The summed E-state index contributed by atoms with van der Waals surface area (Å²) in [5.74, 6) is -0.946. The van der Waals surface area contributed by atoms with E-state index >= 15 is 0 Å². The van der Waals surface area contributed by atoms with E-state index in [2.05, 4.69) is 25.1 Å². The fourth-order valence-corrected chi connectivity index (χ4v) is 7.50. The Kier molecular flexibility index (Phi) is 7.53. The van der Waals surface area contributed by atoms with Gasteiger partial charge in [0, 0.05) is 18.0 Å². The molecule has 1 atom stereocenters. The molecule has 3 aromatic heterocycles. The second kappa shape index (κ2) is 11.0. The number of carboxylic acid groups (broad SMARTS) is 1. The van der Waals surface area contributed by atoms with Crippen molar-refractivity contribution < 1.29 is 31.2 Å². The normalized spacial score (nSPS) is 12.8. The quantitative estimate of drug-likeness (QED) is 0.211. The van der Waals surface area contributed by atoms with E-state index in [-0.39, 0.29) is 22.5 Å². The van der Waals surface area contributed by atoms with Gasteiger partial charge < -0.3 is 9.52 Å². The molecule has 0 saturated heterocycles. The second-order valence-electron chi connectivity index (χ2n) is 8.30. The number of aromatic nitrogens is 5. The third-order valence-corrected chi connectivity index (χ3v) is 9.51. The molecule has 40 heavy (non-hydrogen) atoms. The zero-order chi connectivity index (χ0) is 28.3. The van der Waals surface area contributed by atoms with Gasteiger partial charge in [0.05, 0.1) is 22.5 Å². The molecular weight excluding hydrogens is 582 g/mol. The highest BCUT2D eigenvalue weighted by Gasteiger charge is 2.37. The first-order valence-corrected chi connectivity index (χ1v) is 15.3. The van der Waals surface area contributed by atoms with Crippen molar-refractivity contribution in [1.82, 2.24) is 34.6 Å². The van der Waals surface area contributed by atoms with Crippen LogP contribution in [0.2, 0.25) is 0 Å². The van der Waals surface area contributed by atoms with E-state index in [4.69, 9.17) is 9.52 Å². The molecule has 14 nitrogen and oxygen atoms in total. The molecule has 0 fully saturated rings. The summed E-state index contributed by atoms with van der Waals surface area (Å²) in [5, 5.41) is 15.0. The van der Waals surface area contributed by atoms with Crippen molar-refractivity contribution in [1.29, 1.82) is 0 Å². The lowest BCUT2D eigenvalue weighted by atomic mass is 10.1. The van der Waals surface area contributed by atoms with Crippen molar-refractivity contribution in [3.8, 4) is 11.1 Å². The van der Waals surface area contributed by atoms with E-state index in [1.807, 2.05) is 16.9 Å². The molecule has 0 aliphatic heterocycles. The summed E-state index contributed by atoms with van der Waals surface area (Å²) < 4.78 is 60.5. The van der Waals surface area contributed by atoms with Crippen molar-refractivity contribution in [2.45, 2.75) is 17.5 Å². The molecule has 3 heterocycles. The predicted octanol–water partition coefficient (Wildman–Crippen LogP) is 2.44. The lowest BCUT2D eigenvalue weighted by Crippen LogP contribution is -2.39. The maximum atomic E-state index is 13.7. The van der Waals surface area contributed by atoms with Crippen molar-refractivity contribution >= 4 is 47.7 Å². The van der Waals surface area contributed by atoms with Gasteiger partial charge in [-0.2, -0.15) is 13.1 Å². The Morgan fingerprint density at radius 1 is 1.00 bits per heavy atom. The van der Waals surface area contributed by atoms with E-state index in [0.717, 1.165) is 22.5 Å². The smallest absolute Gasteiger partial charge is 0.419 e. The molecule has 206 valence electrons. The fourth-order valence-electron chi connectivity index (χ4n) is 3.74. The molecule has 0 bridgehead atoms. The van der Waals surface area contributed by atoms with Gasteiger partial charge in [-0.15, -0.1) is 21.5 Å². The Labute approximate surface area is 231 Å². The summed E-state index contributed by atoms with van der Waals surface area (Å²) in [7, 11) is -8.45. The van der Waals surface area contributed by atoms with Crippen LogP contribution in [-0.2, 0) is 32.3 Å². The van der Waals surface area contributed by atoms with Crippen molar-refractivity contribution in [3.05, 3.63) is 89.6 Å². The zero-order valence-electron chi connectivity index (χ0n) is 20.2. The average molecular weight is 602 g/mol. The number of thiazole rings is 1. The summed E-state index contributed by atoms with van der Waals surface area (Å²) in [5.41, 5.74) is 2.67. The number of benzene rings is 2. The lowest BCUT2D eigenvalue weighted by Gasteiger charge is -2.12. The van der Waals surface area contributed by atoms with Crippen molar-refractivity contribution in [3.63, 3.8) is 0 Å². The number of carbonyl (C=O) groups is 1. The summed E-state index contributed by atoms with van der Waals surface area (Å²) in [4.78, 5) is 23.3. The highest BCUT2D eigenvalue weighted by Crippen LogP contribution is 2.38. The van der Waals surface area contributed by atoms with Gasteiger partial charge in [0.25, 0.3) is 0 Å². The van der Waals surface area contributed by atoms with E-state index in [1.54, 1.807) is 48.8 Å². The summed E-state index contributed by atoms with van der Waals surface area (Å²) in [6, 6.07) is 14.0. The molecule has 5 rings (SSSR count). The van der Waals surface area contributed by atoms with Gasteiger partial charge in [-0.3, -0.25) is 0 Å². The van der Waals surface area contributed by atoms with Gasteiger partial charge in [-0.05, 0) is 23.3 Å². The number of nitrogens with zero attached hydrogens (tertiary/aromatic N) is 5. The van der Waals surface area contributed by atoms with E-state index in [1.165, 1.54) is 11.0 Å². The second-order valence-corrected chi connectivity index (χ2v) is 12.9. The van der Waals surface area contributed by atoms with Crippen LogP contribution in [0.5, 0.6) is 0 Å². The van der Waals surface area contributed by atoms with Crippen molar-refractivity contribution in [2.24, 2.45) is 0 Å². The Morgan fingerprint density at radius 2 is 1.75 bits per heavy atom. The number of sulfone groups is 1. The zero-order valence-corrected chi connectivity index (χ0v) is 22.6. The molecule has 0 saturated carbocycles. The minimum absolute atomic E-state index is 0.177. The largest absolute Gasteiger partial charge is 0.464 e. The number of hydrogen-bond donors (Lipinski definition) is 3. The molecule has 2 aromatic carbocycles. The minimum atomic E-state index is -4.42. The van der Waals surface area contributed by atoms with Crippen LogP contribution in [0.3, 0.4) is 0 Å². The number of hydrogen-bond acceptors (Lipinski definition) is 12. The standard InChI is InChI=1S/C23H19N7O7S3/c31-23(32)30-40(35,36)26-11-19-28-29-21(37-19)20(39(33,34)12-14-4-2-1-3-5-14)22-27-17-7-6-15(8-18(17)38-22)16-9-24-13-25-10-16/h1-10,13,20,26,30H,11-12H2,(H,31,32). The number of fused-ring (bicyclic) bond motifs is 1. The highest BCUT2D eigenvalue weighted by atomic mass is 32.2. The topological polar surface area (TPSA) is 207 Å². The molecule has 0 aliphatic carbocycles. The number of rotatable bonds is 10. The average Bonchev–Trinajstić information content (AvgIpc) is 3.54. The van der Waals surface area contributed by atoms with Crippen LogP contribution >= 0.6 is 11.3 Å². The van der Waals surface area contributed by atoms with Crippen LogP contribution in [0.25, 0.3) is 21.3 Å². The highest BCUT2D eigenvalue weighted by molar-refractivity contribution is 7.91. The molecular formula is C23H19N7O7S3. The first-order chi connectivity index (χ1) is 19.1. The number of nitrogens with one attached hydrogen (secondary N) is 2. The van der Waals surface area contributed by atoms with E-state index in [0.29, 0.717) is 15.8 Å². The maximum absolute atomic E-state index is 13.7. The Balaban J connectivity index is 1.52. The molecule has 1 unspecified atom stereocenters. The molecule has 0 spiro atoms. The Hall–Kier alpha value is -4.32. The monoisotopic (exact) mass is 601 g/mol. The molecule has 1 amide bonds. The van der Waals surface area contributed by atoms with Crippen LogP contribution in [0.1, 0.15) is 27.6 Å². The minimum Gasteiger partial charge on any atom is -0.464 e. The van der Waals surface area contributed by atoms with Crippen LogP contribution in [0.15, 0.2) is 71.7 Å². The molecule has 5 aromatic rings. The Morgan fingerprint density at radius 3 is 2.48 bits per heavy atom. The predicted molar refractivity (Wildman–Crippen MR) is 143 cm³/mol. The van der Waals surface area contributed by atoms with E-state index < -0.39 is 37.9 Å². The lowest BCUT2D eigenvalue weighted by molar-refractivity contribution is 0.201. The summed E-state index contributed by atoms with van der Waals surface area (Å²) in [6.07, 6.45) is 2.94. The Bertz CT molecular complexity index is 1880. The molecule has 3 N–H and O–H groups in total. The van der Waals surface area contributed by atoms with Crippen LogP contribution in [0, 0.1) is 0 Å². The maximum Gasteiger partial charge on any atom is 0.419 e. The van der Waals surface area contributed by atoms with Gasteiger partial charge in [0.1, 0.15) is 11.3 Å². The summed E-state index contributed by atoms with van der Waals surface area (Å²) >= 11 is 1.13. The molecule has 17 heteroatoms. The molecule has 0 aliphatic rings. The summed E-state index contributed by atoms with van der Waals surface area (Å²) in [6.45, 7) is -0.580. The SMILES string of the molecule is O=C(O)NS(=O)(=O)NCc1nnc(C(c2nc3ccc(-c4cncnc4)cc3s2)S(=O)(=O)Cc2ccccc2)o1. The van der Waals surface area contributed by atoms with E-state index in [9.17, 15) is 21.6 Å². The first-order valence-electron chi connectivity index (χ1n) is 11.3. The van der Waals surface area contributed by atoms with Gasteiger partial charge in [0.2, 0.25) is 11.8 Å². The number of amides is 1. The van der Waals surface area contributed by atoms with Crippen LogP contribution in [0.4, 0.5) is 4.79 Å². The van der Waals surface area contributed by atoms with Gasteiger partial charge in [-0.25, -0.2) is 32.9 Å². The van der Waals surface area contributed by atoms with Crippen LogP contribution < -0.4 is 9.44 Å².